The molecule has 2 aromatic carbocycles. The van der Waals surface area contributed by atoms with E-state index in [1.807, 2.05) is 6.92 Å². The van der Waals surface area contributed by atoms with Crippen LogP contribution in [-0.4, -0.2) is 20.4 Å². The number of aryl methyl sites for hydroxylation is 1. The Bertz CT molecular complexity index is 1300. The summed E-state index contributed by atoms with van der Waals surface area (Å²) >= 11 is 0. The topological polar surface area (TPSA) is 102 Å². The largest absolute Gasteiger partial charge is 0.441 e. The van der Waals surface area contributed by atoms with Gasteiger partial charge in [-0.05, 0) is 31.2 Å². The molecule has 2 aromatic heterocycles. The zero-order valence-electron chi connectivity index (χ0n) is 16.8. The average molecular weight is 421 g/mol. The molecule has 0 atom stereocenters. The Morgan fingerprint density at radius 1 is 1.16 bits per heavy atom. The molecule has 0 saturated carbocycles. The van der Waals surface area contributed by atoms with Crippen molar-refractivity contribution >= 4 is 22.8 Å². The fourth-order valence-electron chi connectivity index (χ4n) is 3.18. The molecular formula is C22H20FN5O3. The number of rotatable bonds is 7. The van der Waals surface area contributed by atoms with Crippen molar-refractivity contribution in [3.05, 3.63) is 76.8 Å². The summed E-state index contributed by atoms with van der Waals surface area (Å²) in [6, 6.07) is 13.3. The molecule has 9 heteroatoms. The molecule has 1 amide bonds. The number of anilines is 1. The highest BCUT2D eigenvalue weighted by molar-refractivity contribution is 5.80. The normalized spacial score (nSPS) is 10.9. The first-order valence-electron chi connectivity index (χ1n) is 9.81. The number of halogens is 1. The van der Waals surface area contributed by atoms with Gasteiger partial charge >= 0.3 is 0 Å². The molecule has 0 aliphatic rings. The summed E-state index contributed by atoms with van der Waals surface area (Å²) in [5, 5.41) is 0.510. The predicted octanol–water partition coefficient (Wildman–Crippen LogP) is 3.29. The van der Waals surface area contributed by atoms with Crippen molar-refractivity contribution in [1.29, 1.82) is 0 Å². The SMILES string of the molecule is CCn1c(NNC(=O)CCc2ncc(-c3ccccc3F)o2)nc2ccccc2c1=O. The molecule has 2 N–H and O–H groups in total. The van der Waals surface area contributed by atoms with Crippen LogP contribution in [0.5, 0.6) is 0 Å². The molecule has 0 saturated heterocycles. The Morgan fingerprint density at radius 3 is 2.74 bits per heavy atom. The lowest BCUT2D eigenvalue weighted by Gasteiger charge is -2.13. The van der Waals surface area contributed by atoms with Crippen LogP contribution in [0.15, 0.2) is 63.9 Å². The van der Waals surface area contributed by atoms with E-state index in [-0.39, 0.29) is 30.3 Å². The number of carbonyl (C=O) groups excluding carboxylic acids is 1. The van der Waals surface area contributed by atoms with Gasteiger partial charge in [-0.15, -0.1) is 0 Å². The van der Waals surface area contributed by atoms with Crippen LogP contribution in [0.1, 0.15) is 19.2 Å². The van der Waals surface area contributed by atoms with Crippen LogP contribution in [0, 0.1) is 5.82 Å². The van der Waals surface area contributed by atoms with E-state index in [0.29, 0.717) is 34.7 Å². The number of amides is 1. The Balaban J connectivity index is 1.39. The van der Waals surface area contributed by atoms with Crippen LogP contribution >= 0.6 is 0 Å². The smallest absolute Gasteiger partial charge is 0.262 e. The van der Waals surface area contributed by atoms with Crippen molar-refractivity contribution in [3.63, 3.8) is 0 Å². The van der Waals surface area contributed by atoms with E-state index in [1.165, 1.54) is 16.8 Å². The van der Waals surface area contributed by atoms with Gasteiger partial charge in [0.15, 0.2) is 11.7 Å². The number of hydrazine groups is 1. The van der Waals surface area contributed by atoms with Crippen molar-refractivity contribution in [2.45, 2.75) is 26.3 Å². The number of hydrogen-bond donors (Lipinski definition) is 2. The molecule has 0 radical (unpaired) electrons. The van der Waals surface area contributed by atoms with Gasteiger partial charge in [-0.2, -0.15) is 0 Å². The summed E-state index contributed by atoms with van der Waals surface area (Å²) < 4.78 is 20.9. The van der Waals surface area contributed by atoms with E-state index in [2.05, 4.69) is 20.8 Å². The number of fused-ring (bicyclic) bond motifs is 1. The van der Waals surface area contributed by atoms with Gasteiger partial charge < -0.3 is 4.42 Å². The fraction of sp³-hybridized carbons (Fsp3) is 0.182. The first-order valence-corrected chi connectivity index (χ1v) is 9.81. The van der Waals surface area contributed by atoms with Crippen LogP contribution in [-0.2, 0) is 17.8 Å². The molecule has 31 heavy (non-hydrogen) atoms. The number of carbonyl (C=O) groups is 1. The maximum Gasteiger partial charge on any atom is 0.262 e. The molecule has 0 unspecified atom stereocenters. The third-order valence-electron chi connectivity index (χ3n) is 4.75. The second-order valence-electron chi connectivity index (χ2n) is 6.77. The molecule has 0 fully saturated rings. The van der Waals surface area contributed by atoms with Gasteiger partial charge in [0.25, 0.3) is 5.56 Å². The lowest BCUT2D eigenvalue weighted by atomic mass is 10.2. The van der Waals surface area contributed by atoms with E-state index < -0.39 is 5.82 Å². The zero-order chi connectivity index (χ0) is 21.8. The third-order valence-corrected chi connectivity index (χ3v) is 4.75. The van der Waals surface area contributed by atoms with Crippen molar-refractivity contribution in [3.8, 4) is 11.3 Å². The number of nitrogens with one attached hydrogen (secondary N) is 2. The number of nitrogens with zero attached hydrogens (tertiary/aromatic N) is 3. The zero-order valence-corrected chi connectivity index (χ0v) is 16.8. The van der Waals surface area contributed by atoms with E-state index >= 15 is 0 Å². The molecule has 8 nitrogen and oxygen atoms in total. The molecular weight excluding hydrogens is 401 g/mol. The first-order chi connectivity index (χ1) is 15.1. The molecule has 4 aromatic rings. The molecule has 0 bridgehead atoms. The van der Waals surface area contributed by atoms with Crippen LogP contribution in [0.2, 0.25) is 0 Å². The fourth-order valence-corrected chi connectivity index (χ4v) is 3.18. The number of benzene rings is 2. The monoisotopic (exact) mass is 421 g/mol. The van der Waals surface area contributed by atoms with Gasteiger partial charge in [0, 0.05) is 19.4 Å². The number of aromatic nitrogens is 3. The van der Waals surface area contributed by atoms with Crippen molar-refractivity contribution in [2.24, 2.45) is 0 Å². The first kappa shape index (κ1) is 20.3. The highest BCUT2D eigenvalue weighted by Gasteiger charge is 2.13. The minimum atomic E-state index is -0.406. The summed E-state index contributed by atoms with van der Waals surface area (Å²) in [5.74, 6) is 0.131. The van der Waals surface area contributed by atoms with Gasteiger partial charge in [0.05, 0.1) is 22.7 Å². The molecule has 0 aliphatic heterocycles. The molecule has 2 heterocycles. The lowest BCUT2D eigenvalue weighted by molar-refractivity contribution is -0.120. The van der Waals surface area contributed by atoms with Crippen LogP contribution < -0.4 is 16.4 Å². The number of hydrogen-bond acceptors (Lipinski definition) is 6. The summed E-state index contributed by atoms with van der Waals surface area (Å²) in [6.45, 7) is 2.21. The standard InChI is InChI=1S/C22H20FN5O3/c1-2-28-21(30)15-8-4-6-10-17(15)25-22(28)27-26-19(29)11-12-20-24-13-18(31-20)14-7-3-5-9-16(14)23/h3-10,13H,2,11-12H2,1H3,(H,25,27)(H,26,29). The van der Waals surface area contributed by atoms with Gasteiger partial charge in [0.2, 0.25) is 11.9 Å². The Hall–Kier alpha value is -4.01. The Labute approximate surface area is 176 Å². The molecule has 0 aliphatic carbocycles. The molecule has 4 rings (SSSR count). The van der Waals surface area contributed by atoms with Gasteiger partial charge in [-0.3, -0.25) is 25.0 Å². The molecule has 158 valence electrons. The Kier molecular flexibility index (Phi) is 5.74. The predicted molar refractivity (Wildman–Crippen MR) is 114 cm³/mol. The van der Waals surface area contributed by atoms with Gasteiger partial charge in [-0.1, -0.05) is 24.3 Å². The average Bonchev–Trinajstić information content (AvgIpc) is 3.25. The second kappa shape index (κ2) is 8.78. The maximum atomic E-state index is 13.9. The summed E-state index contributed by atoms with van der Waals surface area (Å²) in [6.07, 6.45) is 1.74. The van der Waals surface area contributed by atoms with Crippen LogP contribution in [0.25, 0.3) is 22.2 Å². The second-order valence-corrected chi connectivity index (χ2v) is 6.77. The van der Waals surface area contributed by atoms with Crippen molar-refractivity contribution in [2.75, 3.05) is 5.43 Å². The number of oxazole rings is 1. The van der Waals surface area contributed by atoms with Crippen molar-refractivity contribution in [1.82, 2.24) is 20.0 Å². The summed E-state index contributed by atoms with van der Waals surface area (Å²) in [4.78, 5) is 33.4. The minimum Gasteiger partial charge on any atom is -0.441 e. The van der Waals surface area contributed by atoms with E-state index in [4.69, 9.17) is 4.42 Å². The van der Waals surface area contributed by atoms with Crippen LogP contribution in [0.4, 0.5) is 10.3 Å². The summed E-state index contributed by atoms with van der Waals surface area (Å²) in [5.41, 5.74) is 5.93. The van der Waals surface area contributed by atoms with Gasteiger partial charge in [0.1, 0.15) is 5.82 Å². The van der Waals surface area contributed by atoms with E-state index in [1.54, 1.807) is 42.5 Å². The lowest BCUT2D eigenvalue weighted by Crippen LogP contribution is -2.34. The number of para-hydroxylation sites is 1. The highest BCUT2D eigenvalue weighted by Crippen LogP contribution is 2.23. The highest BCUT2D eigenvalue weighted by atomic mass is 19.1. The van der Waals surface area contributed by atoms with Gasteiger partial charge in [-0.25, -0.2) is 14.4 Å². The van der Waals surface area contributed by atoms with Crippen LogP contribution in [0.3, 0.4) is 0 Å². The maximum absolute atomic E-state index is 13.9. The minimum absolute atomic E-state index is 0.0775. The Morgan fingerprint density at radius 2 is 1.94 bits per heavy atom. The summed E-state index contributed by atoms with van der Waals surface area (Å²) in [7, 11) is 0. The third kappa shape index (κ3) is 4.30. The van der Waals surface area contributed by atoms with E-state index in [0.717, 1.165) is 0 Å². The molecule has 0 spiro atoms. The quantitative estimate of drug-likeness (QED) is 0.444. The van der Waals surface area contributed by atoms with E-state index in [9.17, 15) is 14.0 Å². The van der Waals surface area contributed by atoms with Crippen molar-refractivity contribution < 1.29 is 13.6 Å².